The molecule has 3 rings (SSSR count). The van der Waals surface area contributed by atoms with Crippen LogP contribution in [0.4, 0.5) is 0 Å². The van der Waals surface area contributed by atoms with Crippen LogP contribution in [-0.2, 0) is 11.4 Å². The van der Waals surface area contributed by atoms with Crippen molar-refractivity contribution in [3.05, 3.63) is 64.7 Å². The van der Waals surface area contributed by atoms with Crippen LogP contribution in [0.25, 0.3) is 0 Å². The molecule has 0 aliphatic carbocycles. The molecule has 0 atom stereocenters. The largest absolute Gasteiger partial charge is 0.489 e. The van der Waals surface area contributed by atoms with E-state index in [1.807, 2.05) is 72.1 Å². The van der Waals surface area contributed by atoms with Crippen LogP contribution in [0.1, 0.15) is 24.5 Å². The second-order valence-electron chi connectivity index (χ2n) is 6.29. The monoisotopic (exact) mass is 420 g/mol. The molecule has 7 heteroatoms. The van der Waals surface area contributed by atoms with E-state index in [1.54, 1.807) is 6.21 Å². The number of ether oxygens (including phenoxy) is 1. The molecule has 1 heterocycles. The number of nitrogens with one attached hydrogen (secondary N) is 1. The zero-order chi connectivity index (χ0) is 19.1. The number of halogens is 1. The van der Waals surface area contributed by atoms with E-state index in [2.05, 4.69) is 17.5 Å². The van der Waals surface area contributed by atoms with Crippen molar-refractivity contribution in [2.45, 2.75) is 24.0 Å². The van der Waals surface area contributed by atoms with E-state index in [9.17, 15) is 4.79 Å². The van der Waals surface area contributed by atoms with Gasteiger partial charge in [-0.05, 0) is 42.3 Å². The highest BCUT2D eigenvalue weighted by molar-refractivity contribution is 8.21. The lowest BCUT2D eigenvalue weighted by Crippen LogP contribution is -2.26. The van der Waals surface area contributed by atoms with Gasteiger partial charge < -0.3 is 4.74 Å². The lowest BCUT2D eigenvalue weighted by molar-refractivity contribution is -0.121. The third-order valence-corrected chi connectivity index (χ3v) is 7.50. The average Bonchev–Trinajstić information content (AvgIpc) is 3.07. The quantitative estimate of drug-likeness (QED) is 0.508. The summed E-state index contributed by atoms with van der Waals surface area (Å²) in [7, 11) is 0. The smallest absolute Gasteiger partial charge is 0.242 e. The van der Waals surface area contributed by atoms with Crippen LogP contribution in [-0.4, -0.2) is 27.7 Å². The molecule has 0 spiro atoms. The van der Waals surface area contributed by atoms with Gasteiger partial charge in [-0.25, -0.2) is 5.43 Å². The highest BCUT2D eigenvalue weighted by Gasteiger charge is 2.32. The van der Waals surface area contributed by atoms with E-state index in [0.29, 0.717) is 18.1 Å². The Morgan fingerprint density at radius 3 is 2.74 bits per heavy atom. The first-order chi connectivity index (χ1) is 13.0. The summed E-state index contributed by atoms with van der Waals surface area (Å²) in [6.07, 6.45) is 2.09. The molecule has 0 saturated carbocycles. The highest BCUT2D eigenvalue weighted by Crippen LogP contribution is 2.45. The van der Waals surface area contributed by atoms with Gasteiger partial charge in [0.15, 0.2) is 0 Å². The van der Waals surface area contributed by atoms with Gasteiger partial charge in [-0.2, -0.15) is 5.10 Å². The van der Waals surface area contributed by atoms with Crippen molar-refractivity contribution in [2.24, 2.45) is 5.10 Å². The Balaban J connectivity index is 1.50. The molecule has 142 valence electrons. The van der Waals surface area contributed by atoms with E-state index in [0.717, 1.165) is 28.4 Å². The lowest BCUT2D eigenvalue weighted by Gasteiger charge is -2.19. The number of hydrazone groups is 1. The van der Waals surface area contributed by atoms with Crippen molar-refractivity contribution < 1.29 is 9.53 Å². The van der Waals surface area contributed by atoms with Gasteiger partial charge in [-0.1, -0.05) is 35.9 Å². The summed E-state index contributed by atoms with van der Waals surface area (Å²) in [4.78, 5) is 12.1. The van der Waals surface area contributed by atoms with Gasteiger partial charge in [0.1, 0.15) is 12.4 Å². The first-order valence-electron chi connectivity index (χ1n) is 8.60. The van der Waals surface area contributed by atoms with Crippen molar-refractivity contribution in [3.8, 4) is 5.75 Å². The maximum Gasteiger partial charge on any atom is 0.242 e. The Morgan fingerprint density at radius 2 is 2.00 bits per heavy atom. The van der Waals surface area contributed by atoms with E-state index in [-0.39, 0.29) is 9.99 Å². The molecule has 2 aromatic rings. The number of hydrogen-bond acceptors (Lipinski definition) is 5. The van der Waals surface area contributed by atoms with E-state index in [1.165, 1.54) is 0 Å². The summed E-state index contributed by atoms with van der Waals surface area (Å²) in [5, 5.41) is 4.78. The Morgan fingerprint density at radius 1 is 1.26 bits per heavy atom. The van der Waals surface area contributed by atoms with Crippen LogP contribution in [0.2, 0.25) is 5.02 Å². The van der Waals surface area contributed by atoms with Gasteiger partial charge in [-0.3, -0.25) is 4.79 Å². The standard InChI is InChI=1S/C20H21ClN2O2S2/c1-20(26-9-10-27-20)12-19(24)23-22-13-16-3-2-4-18(11-16)25-14-15-5-7-17(21)8-6-15/h2-8,11,13H,9-10,12,14H2,1H3,(H,23,24)/b22-13-. The number of nitrogens with zero attached hydrogens (tertiary/aromatic N) is 1. The minimum atomic E-state index is -0.0641. The van der Waals surface area contributed by atoms with Crippen molar-refractivity contribution >= 4 is 47.2 Å². The van der Waals surface area contributed by atoms with E-state index < -0.39 is 0 Å². The van der Waals surface area contributed by atoms with Crippen LogP contribution in [0.15, 0.2) is 53.6 Å². The van der Waals surface area contributed by atoms with Crippen molar-refractivity contribution in [3.63, 3.8) is 0 Å². The fourth-order valence-corrected chi connectivity index (χ4v) is 5.56. The zero-order valence-corrected chi connectivity index (χ0v) is 17.4. The predicted octanol–water partition coefficient (Wildman–Crippen LogP) is 4.96. The third kappa shape index (κ3) is 6.48. The molecule has 0 radical (unpaired) electrons. The molecule has 0 aromatic heterocycles. The molecule has 4 nitrogen and oxygen atoms in total. The average molecular weight is 421 g/mol. The normalized spacial score (nSPS) is 15.8. The van der Waals surface area contributed by atoms with Gasteiger partial charge in [0, 0.05) is 16.5 Å². The Bertz CT molecular complexity index is 806. The minimum absolute atomic E-state index is 0.0327. The summed E-state index contributed by atoms with van der Waals surface area (Å²) in [5.41, 5.74) is 4.52. The number of carbonyl (C=O) groups excluding carboxylic acids is 1. The van der Waals surface area contributed by atoms with Crippen LogP contribution >= 0.6 is 35.1 Å². The highest BCUT2D eigenvalue weighted by atomic mass is 35.5. The first-order valence-corrected chi connectivity index (χ1v) is 10.9. The van der Waals surface area contributed by atoms with Gasteiger partial charge in [0.05, 0.1) is 16.7 Å². The Kier molecular flexibility index (Phi) is 7.10. The molecule has 1 aliphatic rings. The SMILES string of the molecule is CC1(CC(=O)N/N=C\c2cccc(OCc3ccc(Cl)cc3)c2)SCCS1. The van der Waals surface area contributed by atoms with Crippen LogP contribution in [0.3, 0.4) is 0 Å². The maximum atomic E-state index is 12.1. The van der Waals surface area contributed by atoms with Gasteiger partial charge in [0.2, 0.25) is 5.91 Å². The molecular formula is C20H21ClN2O2S2. The molecule has 1 saturated heterocycles. The Hall–Kier alpha value is -1.63. The predicted molar refractivity (Wildman–Crippen MR) is 116 cm³/mol. The number of thioether (sulfide) groups is 2. The van der Waals surface area contributed by atoms with Crippen molar-refractivity contribution in [2.75, 3.05) is 11.5 Å². The van der Waals surface area contributed by atoms with Gasteiger partial charge >= 0.3 is 0 Å². The number of rotatable bonds is 7. The summed E-state index contributed by atoms with van der Waals surface area (Å²) in [5.74, 6) is 2.87. The molecule has 1 N–H and O–H groups in total. The number of amides is 1. The molecular weight excluding hydrogens is 400 g/mol. The van der Waals surface area contributed by atoms with Crippen molar-refractivity contribution in [1.29, 1.82) is 0 Å². The second-order valence-corrected chi connectivity index (χ2v) is 10.2. The number of hydrogen-bond donors (Lipinski definition) is 1. The molecule has 1 aliphatic heterocycles. The molecule has 27 heavy (non-hydrogen) atoms. The number of carbonyl (C=O) groups is 1. The van der Waals surface area contributed by atoms with Crippen LogP contribution < -0.4 is 10.2 Å². The fourth-order valence-electron chi connectivity index (χ4n) is 2.60. The van der Waals surface area contributed by atoms with Crippen molar-refractivity contribution in [1.82, 2.24) is 5.43 Å². The minimum Gasteiger partial charge on any atom is -0.489 e. The molecule has 1 amide bonds. The third-order valence-electron chi connectivity index (χ3n) is 3.96. The van der Waals surface area contributed by atoms with Crippen LogP contribution in [0.5, 0.6) is 5.75 Å². The fraction of sp³-hybridized carbons (Fsp3) is 0.300. The number of benzene rings is 2. The topological polar surface area (TPSA) is 50.7 Å². The summed E-state index contributed by atoms with van der Waals surface area (Å²) < 4.78 is 5.77. The Labute approximate surface area is 173 Å². The summed E-state index contributed by atoms with van der Waals surface area (Å²) in [6.45, 7) is 2.57. The first kappa shape index (κ1) is 20.1. The maximum absolute atomic E-state index is 12.1. The molecule has 2 aromatic carbocycles. The molecule has 0 bridgehead atoms. The van der Waals surface area contributed by atoms with Gasteiger partial charge in [0.25, 0.3) is 0 Å². The van der Waals surface area contributed by atoms with E-state index in [4.69, 9.17) is 16.3 Å². The summed E-state index contributed by atoms with van der Waals surface area (Å²) >= 11 is 9.56. The van der Waals surface area contributed by atoms with Crippen LogP contribution in [0, 0.1) is 0 Å². The summed E-state index contributed by atoms with van der Waals surface area (Å²) in [6, 6.07) is 15.1. The molecule has 1 fully saturated rings. The zero-order valence-electron chi connectivity index (χ0n) is 15.0. The second kappa shape index (κ2) is 9.53. The molecule has 0 unspecified atom stereocenters. The van der Waals surface area contributed by atoms with Gasteiger partial charge in [-0.15, -0.1) is 23.5 Å². The lowest BCUT2D eigenvalue weighted by atomic mass is 10.2. The van der Waals surface area contributed by atoms with E-state index >= 15 is 0 Å².